The third-order valence-corrected chi connectivity index (χ3v) is 4.80. The Labute approximate surface area is 169 Å². The normalized spacial score (nSPS) is 14.2. The number of esters is 1. The average molecular weight is 393 g/mol. The van der Waals surface area contributed by atoms with Gasteiger partial charge in [0, 0.05) is 5.92 Å². The van der Waals surface area contributed by atoms with Gasteiger partial charge in [0.05, 0.1) is 12.2 Å². The molecule has 3 atom stereocenters. The van der Waals surface area contributed by atoms with Crippen LogP contribution in [-0.4, -0.2) is 30.9 Å². The molecule has 1 aromatic rings. The molecule has 0 aliphatic carbocycles. The Balaban J connectivity index is 2.75. The minimum Gasteiger partial charge on any atom is -0.459 e. The summed E-state index contributed by atoms with van der Waals surface area (Å²) in [7, 11) is 0. The Hall–Kier alpha value is -2.04. The van der Waals surface area contributed by atoms with E-state index in [1.54, 1.807) is 6.92 Å². The summed E-state index contributed by atoms with van der Waals surface area (Å²) in [6, 6.07) is 7.59. The van der Waals surface area contributed by atoms with E-state index in [0.717, 1.165) is 25.7 Å². The van der Waals surface area contributed by atoms with Crippen LogP contribution in [-0.2, 0) is 20.6 Å². The Morgan fingerprint density at radius 1 is 0.929 bits per heavy atom. The molecule has 0 aliphatic heterocycles. The topological polar surface area (TPSA) is 61.8 Å². The van der Waals surface area contributed by atoms with Gasteiger partial charge in [0.15, 0.2) is 0 Å². The van der Waals surface area contributed by atoms with Crippen molar-refractivity contribution < 1.29 is 23.8 Å². The van der Waals surface area contributed by atoms with Crippen molar-refractivity contribution in [1.82, 2.24) is 0 Å². The van der Waals surface area contributed by atoms with Crippen molar-refractivity contribution in [2.24, 2.45) is 11.8 Å². The summed E-state index contributed by atoms with van der Waals surface area (Å²) in [5.74, 6) is -0.0962. The molecule has 0 radical (unpaired) electrons. The number of ether oxygens (including phenoxy) is 3. The molecule has 0 bridgehead atoms. The molecule has 0 amide bonds. The zero-order valence-electron chi connectivity index (χ0n) is 18.2. The van der Waals surface area contributed by atoms with Crippen LogP contribution in [0.5, 0.6) is 0 Å². The quantitative estimate of drug-likeness (QED) is 0.445. The maximum absolute atomic E-state index is 12.6. The van der Waals surface area contributed by atoms with Gasteiger partial charge in [-0.1, -0.05) is 39.3 Å². The lowest BCUT2D eigenvalue weighted by molar-refractivity contribution is -0.0358. The van der Waals surface area contributed by atoms with Crippen molar-refractivity contribution in [2.45, 2.75) is 79.4 Å². The highest BCUT2D eigenvalue weighted by Gasteiger charge is 2.30. The Morgan fingerprint density at radius 3 is 2.07 bits per heavy atom. The fourth-order valence-corrected chi connectivity index (χ4v) is 3.21. The van der Waals surface area contributed by atoms with Gasteiger partial charge in [0.25, 0.3) is 0 Å². The molecule has 3 unspecified atom stereocenters. The van der Waals surface area contributed by atoms with E-state index in [-0.39, 0.29) is 24.6 Å². The summed E-state index contributed by atoms with van der Waals surface area (Å²) in [6.45, 7) is 12.0. The van der Waals surface area contributed by atoms with Crippen molar-refractivity contribution >= 4 is 12.1 Å². The minimum atomic E-state index is -0.690. The molecular weight excluding hydrogens is 356 g/mol. The van der Waals surface area contributed by atoms with Crippen molar-refractivity contribution in [1.29, 1.82) is 0 Å². The summed E-state index contributed by atoms with van der Waals surface area (Å²) in [5.41, 5.74) is 1.76. The lowest BCUT2D eigenvalue weighted by atomic mass is 9.88. The smallest absolute Gasteiger partial charge is 0.459 e. The fraction of sp³-hybridized carbons (Fsp3) is 0.652. The van der Waals surface area contributed by atoms with Gasteiger partial charge in [-0.05, 0) is 63.6 Å². The first-order valence-corrected chi connectivity index (χ1v) is 10.4. The largest absolute Gasteiger partial charge is 0.508 e. The number of hydrogen-bond acceptors (Lipinski definition) is 5. The molecule has 0 aromatic heterocycles. The van der Waals surface area contributed by atoms with Crippen LogP contribution >= 0.6 is 0 Å². The second kappa shape index (κ2) is 12.4. The number of hydrogen-bond donors (Lipinski definition) is 0. The lowest BCUT2D eigenvalue weighted by Crippen LogP contribution is -2.35. The molecule has 0 N–H and O–H groups in total. The lowest BCUT2D eigenvalue weighted by Gasteiger charge is -2.30. The molecule has 158 valence electrons. The number of carbonyl (C=O) groups is 2. The number of unbranched alkanes of at least 4 members (excludes halogenated alkanes) is 1. The van der Waals surface area contributed by atoms with Crippen LogP contribution in [0.3, 0.4) is 0 Å². The van der Waals surface area contributed by atoms with Crippen LogP contribution in [0.1, 0.15) is 76.7 Å². The van der Waals surface area contributed by atoms with Gasteiger partial charge in [0.1, 0.15) is 12.2 Å². The molecule has 1 aromatic carbocycles. The maximum atomic E-state index is 12.6. The van der Waals surface area contributed by atoms with E-state index in [4.69, 9.17) is 14.2 Å². The van der Waals surface area contributed by atoms with Gasteiger partial charge >= 0.3 is 12.1 Å². The Kier molecular flexibility index (Phi) is 10.6. The fourth-order valence-electron chi connectivity index (χ4n) is 3.21. The van der Waals surface area contributed by atoms with Gasteiger partial charge in [-0.15, -0.1) is 0 Å². The highest BCUT2D eigenvalue weighted by atomic mass is 16.7. The van der Waals surface area contributed by atoms with Crippen LogP contribution in [0.25, 0.3) is 0 Å². The zero-order chi connectivity index (χ0) is 21.1. The predicted octanol–water partition coefficient (Wildman–Crippen LogP) is 5.80. The first kappa shape index (κ1) is 24.0. The molecule has 0 fully saturated rings. The number of aryl methyl sites for hydroxylation is 1. The second-order valence-corrected chi connectivity index (χ2v) is 7.71. The molecular formula is C23H36O5. The third-order valence-electron chi connectivity index (χ3n) is 4.80. The summed E-state index contributed by atoms with van der Waals surface area (Å²) in [4.78, 5) is 24.2. The van der Waals surface area contributed by atoms with Crippen LogP contribution in [0.2, 0.25) is 0 Å². The average Bonchev–Trinajstić information content (AvgIpc) is 2.64. The standard InChI is InChI=1S/C23H36O5/c1-7-9-10-19-11-13-20(14-12-19)22(24)27-17(5)21(15-16(3)4)18(6)28-23(25)26-8-2/h11-14,16-18,21H,7-10,15H2,1-6H3. The van der Waals surface area contributed by atoms with Crippen molar-refractivity contribution in [3.8, 4) is 0 Å². The van der Waals surface area contributed by atoms with Crippen molar-refractivity contribution in [3.63, 3.8) is 0 Å². The van der Waals surface area contributed by atoms with Gasteiger partial charge in [-0.25, -0.2) is 9.59 Å². The highest BCUT2D eigenvalue weighted by molar-refractivity contribution is 5.89. The van der Waals surface area contributed by atoms with Crippen LogP contribution in [0.4, 0.5) is 4.79 Å². The van der Waals surface area contributed by atoms with E-state index in [1.165, 1.54) is 5.56 Å². The van der Waals surface area contributed by atoms with Crippen molar-refractivity contribution in [2.75, 3.05) is 6.61 Å². The predicted molar refractivity (Wildman–Crippen MR) is 110 cm³/mol. The summed E-state index contributed by atoms with van der Waals surface area (Å²) in [5, 5.41) is 0. The molecule has 0 saturated carbocycles. The first-order chi connectivity index (χ1) is 13.3. The van der Waals surface area contributed by atoms with Crippen LogP contribution in [0, 0.1) is 11.8 Å². The molecule has 0 spiro atoms. The molecule has 1 rings (SSSR count). The van der Waals surface area contributed by atoms with Gasteiger partial charge in [-0.3, -0.25) is 0 Å². The summed E-state index contributed by atoms with van der Waals surface area (Å²) in [6.07, 6.45) is 2.57. The number of rotatable bonds is 11. The van der Waals surface area contributed by atoms with Crippen LogP contribution < -0.4 is 0 Å². The second-order valence-electron chi connectivity index (χ2n) is 7.71. The third kappa shape index (κ3) is 8.32. The Bertz CT molecular complexity index is 594. The van der Waals surface area contributed by atoms with E-state index in [9.17, 15) is 9.59 Å². The minimum absolute atomic E-state index is 0.114. The van der Waals surface area contributed by atoms with Crippen molar-refractivity contribution in [3.05, 3.63) is 35.4 Å². The zero-order valence-corrected chi connectivity index (χ0v) is 18.2. The van der Waals surface area contributed by atoms with Crippen LogP contribution in [0.15, 0.2) is 24.3 Å². The maximum Gasteiger partial charge on any atom is 0.508 e. The number of carbonyl (C=O) groups excluding carboxylic acids is 2. The summed E-state index contributed by atoms with van der Waals surface area (Å²) < 4.78 is 15.9. The molecule has 28 heavy (non-hydrogen) atoms. The van der Waals surface area contributed by atoms with Gasteiger partial charge in [0.2, 0.25) is 0 Å². The molecule has 5 nitrogen and oxygen atoms in total. The SMILES string of the molecule is CCCCc1ccc(C(=O)OC(C)C(CC(C)C)C(C)OC(=O)OCC)cc1. The van der Waals surface area contributed by atoms with Gasteiger partial charge < -0.3 is 14.2 Å². The molecule has 5 heteroatoms. The summed E-state index contributed by atoms with van der Waals surface area (Å²) >= 11 is 0. The molecule has 0 saturated heterocycles. The van der Waals surface area contributed by atoms with E-state index in [1.807, 2.05) is 38.1 Å². The monoisotopic (exact) mass is 392 g/mol. The van der Waals surface area contributed by atoms with E-state index in [0.29, 0.717) is 11.5 Å². The first-order valence-electron chi connectivity index (χ1n) is 10.4. The number of benzene rings is 1. The Morgan fingerprint density at radius 2 is 1.54 bits per heavy atom. The molecule has 0 aliphatic rings. The van der Waals surface area contributed by atoms with Gasteiger partial charge in [-0.2, -0.15) is 0 Å². The van der Waals surface area contributed by atoms with E-state index in [2.05, 4.69) is 20.8 Å². The highest BCUT2D eigenvalue weighted by Crippen LogP contribution is 2.25. The van der Waals surface area contributed by atoms with E-state index >= 15 is 0 Å². The van der Waals surface area contributed by atoms with E-state index < -0.39 is 12.3 Å². The molecule has 0 heterocycles.